The molecule has 7 heteroatoms. The molecule has 0 aromatic heterocycles. The Morgan fingerprint density at radius 2 is 1.57 bits per heavy atom. The van der Waals surface area contributed by atoms with Crippen molar-refractivity contribution in [3.63, 3.8) is 0 Å². The molecule has 0 saturated heterocycles. The van der Waals surface area contributed by atoms with Gasteiger partial charge in [0.25, 0.3) is 0 Å². The molecule has 236 valence electrons. The maximum Gasteiger partial charge on any atom is 0.333 e. The molecule has 0 heterocycles. The summed E-state index contributed by atoms with van der Waals surface area (Å²) in [6.07, 6.45) is 9.37. The molecule has 5 aliphatic rings. The van der Waals surface area contributed by atoms with E-state index in [1.54, 1.807) is 6.92 Å². The van der Waals surface area contributed by atoms with Crippen LogP contribution in [-0.2, 0) is 28.6 Å². The van der Waals surface area contributed by atoms with Crippen molar-refractivity contribution in [2.75, 3.05) is 7.11 Å². The zero-order valence-electron chi connectivity index (χ0n) is 27.4. The number of ether oxygens (including phenoxy) is 3. The topological polar surface area (TPSA) is 99.1 Å². The van der Waals surface area contributed by atoms with Crippen molar-refractivity contribution in [2.24, 2.45) is 50.7 Å². The number of rotatable bonds is 7. The average molecular weight is 587 g/mol. The first-order chi connectivity index (χ1) is 19.5. The Hall–Kier alpha value is -1.89. The Labute approximate surface area is 252 Å². The van der Waals surface area contributed by atoms with Gasteiger partial charge in [-0.3, -0.25) is 9.59 Å². The fraction of sp³-hybridized carbons (Fsp3) is 0.857. The number of fused-ring (bicyclic) bond motifs is 2. The van der Waals surface area contributed by atoms with Gasteiger partial charge in [-0.25, -0.2) is 4.79 Å². The molecule has 1 N–H and O–H groups in total. The van der Waals surface area contributed by atoms with Gasteiger partial charge in [0.15, 0.2) is 0 Å². The van der Waals surface area contributed by atoms with Crippen molar-refractivity contribution in [3.8, 4) is 0 Å². The van der Waals surface area contributed by atoms with Crippen LogP contribution in [0, 0.1) is 50.7 Å². The Morgan fingerprint density at radius 3 is 2.19 bits per heavy atom. The van der Waals surface area contributed by atoms with Gasteiger partial charge in [-0.2, -0.15) is 0 Å². The summed E-state index contributed by atoms with van der Waals surface area (Å²) in [5, 5.41) is 12.3. The third-order valence-corrected chi connectivity index (χ3v) is 14.0. The predicted octanol–water partition coefficient (Wildman–Crippen LogP) is 6.41. The van der Waals surface area contributed by atoms with Crippen molar-refractivity contribution in [1.82, 2.24) is 0 Å². The van der Waals surface area contributed by atoms with Crippen LogP contribution in [0.5, 0.6) is 0 Å². The number of carbonyl (C=O) groups is 3. The quantitative estimate of drug-likeness (QED) is 0.209. The summed E-state index contributed by atoms with van der Waals surface area (Å²) in [6, 6.07) is 0. The number of hydrogen-bond acceptors (Lipinski definition) is 7. The first kappa shape index (κ1) is 31.5. The maximum atomic E-state index is 12.5. The van der Waals surface area contributed by atoms with E-state index in [0.29, 0.717) is 23.8 Å². The fourth-order valence-corrected chi connectivity index (χ4v) is 12.1. The molecule has 5 saturated carbocycles. The van der Waals surface area contributed by atoms with E-state index in [1.807, 2.05) is 6.08 Å². The van der Waals surface area contributed by atoms with E-state index in [-0.39, 0.29) is 69.0 Å². The number of carbonyl (C=O) groups excluding carboxylic acids is 3. The minimum absolute atomic E-state index is 0.0422. The molecule has 0 radical (unpaired) electrons. The molecule has 42 heavy (non-hydrogen) atoms. The van der Waals surface area contributed by atoms with Crippen LogP contribution in [0.25, 0.3) is 0 Å². The number of hydrogen-bond donors (Lipinski definition) is 1. The Morgan fingerprint density at radius 1 is 0.952 bits per heavy atom. The van der Waals surface area contributed by atoms with Gasteiger partial charge in [0.05, 0.1) is 13.2 Å². The Kier molecular flexibility index (Phi) is 7.76. The van der Waals surface area contributed by atoms with Crippen LogP contribution < -0.4 is 0 Å². The van der Waals surface area contributed by atoms with E-state index < -0.39 is 6.10 Å². The lowest BCUT2D eigenvalue weighted by Gasteiger charge is -2.65. The minimum Gasteiger partial charge on any atom is -0.466 e. The molecule has 7 nitrogen and oxygen atoms in total. The molecule has 11 unspecified atom stereocenters. The van der Waals surface area contributed by atoms with Crippen molar-refractivity contribution < 1.29 is 33.7 Å². The van der Waals surface area contributed by atoms with Gasteiger partial charge in [0.1, 0.15) is 12.2 Å². The largest absolute Gasteiger partial charge is 0.466 e. The van der Waals surface area contributed by atoms with E-state index in [0.717, 1.165) is 51.4 Å². The number of aliphatic hydroxyl groups is 1. The standard InChI is InChI=1S/C35H54O7/c1-20(11-10-12-21(2)30(39)40-9)24-17-29(42-23(4)37)33(8)26-14-13-25-31(5,6)28(41-22(3)36)15-16-34(25)19-35(26,34)27(38)18-32(24,33)7/h12,20,24-29,38H,10-11,13-19H2,1-9H3. The normalized spacial score (nSPS) is 45.8. The average Bonchev–Trinajstić information content (AvgIpc) is 3.54. The summed E-state index contributed by atoms with van der Waals surface area (Å²) in [7, 11) is 1.41. The highest BCUT2D eigenvalue weighted by Gasteiger charge is 2.86. The second-order valence-electron chi connectivity index (χ2n) is 15.8. The maximum absolute atomic E-state index is 12.5. The van der Waals surface area contributed by atoms with Crippen molar-refractivity contribution in [2.45, 2.75) is 131 Å². The van der Waals surface area contributed by atoms with Crippen LogP contribution in [0.1, 0.15) is 113 Å². The van der Waals surface area contributed by atoms with E-state index in [1.165, 1.54) is 21.0 Å². The van der Waals surface area contributed by atoms with Crippen LogP contribution >= 0.6 is 0 Å². The van der Waals surface area contributed by atoms with E-state index in [9.17, 15) is 19.5 Å². The highest BCUT2D eigenvalue weighted by molar-refractivity contribution is 5.87. The zero-order valence-corrected chi connectivity index (χ0v) is 27.4. The third-order valence-electron chi connectivity index (χ3n) is 14.0. The minimum atomic E-state index is -0.406. The lowest BCUT2D eigenvalue weighted by atomic mass is 9.40. The molecule has 5 fully saturated rings. The summed E-state index contributed by atoms with van der Waals surface area (Å²) >= 11 is 0. The van der Waals surface area contributed by atoms with Crippen LogP contribution in [0.4, 0.5) is 0 Å². The number of aliphatic hydroxyl groups excluding tert-OH is 1. The Bertz CT molecular complexity index is 1160. The molecule has 0 aromatic rings. The molecule has 5 aliphatic carbocycles. The van der Waals surface area contributed by atoms with Crippen molar-refractivity contribution in [1.29, 1.82) is 0 Å². The number of esters is 3. The molecule has 0 aromatic carbocycles. The highest BCUT2D eigenvalue weighted by Crippen LogP contribution is 2.89. The van der Waals surface area contributed by atoms with E-state index >= 15 is 0 Å². The van der Waals surface area contributed by atoms with Crippen LogP contribution in [0.15, 0.2) is 11.6 Å². The van der Waals surface area contributed by atoms with E-state index in [4.69, 9.17) is 14.2 Å². The van der Waals surface area contributed by atoms with Crippen LogP contribution in [-0.4, -0.2) is 48.4 Å². The second kappa shape index (κ2) is 10.3. The molecular formula is C35H54O7. The van der Waals surface area contributed by atoms with Gasteiger partial charge < -0.3 is 19.3 Å². The number of allylic oxidation sites excluding steroid dienone is 1. The van der Waals surface area contributed by atoms with Gasteiger partial charge >= 0.3 is 17.9 Å². The van der Waals surface area contributed by atoms with E-state index in [2.05, 4.69) is 34.6 Å². The van der Waals surface area contributed by atoms with Gasteiger partial charge in [-0.15, -0.1) is 0 Å². The van der Waals surface area contributed by atoms with Crippen LogP contribution in [0.3, 0.4) is 0 Å². The summed E-state index contributed by atoms with van der Waals surface area (Å²) in [5.41, 5.74) is -0.107. The van der Waals surface area contributed by atoms with Gasteiger partial charge in [-0.05, 0) is 99.2 Å². The summed E-state index contributed by atoms with van der Waals surface area (Å²) in [5.74, 6) is 0.535. The Balaban J connectivity index is 1.47. The molecule has 5 rings (SSSR count). The summed E-state index contributed by atoms with van der Waals surface area (Å²) < 4.78 is 17.0. The predicted molar refractivity (Wildman–Crippen MR) is 159 cm³/mol. The number of methoxy groups -OCH3 is 1. The highest BCUT2D eigenvalue weighted by atomic mass is 16.5. The first-order valence-corrected chi connectivity index (χ1v) is 16.3. The first-order valence-electron chi connectivity index (χ1n) is 16.3. The molecule has 0 aliphatic heterocycles. The summed E-state index contributed by atoms with van der Waals surface area (Å²) in [4.78, 5) is 36.4. The monoisotopic (exact) mass is 586 g/mol. The van der Waals surface area contributed by atoms with Crippen molar-refractivity contribution >= 4 is 17.9 Å². The molecule has 2 spiro atoms. The fourth-order valence-electron chi connectivity index (χ4n) is 12.1. The zero-order chi connectivity index (χ0) is 31.0. The second-order valence-corrected chi connectivity index (χ2v) is 15.8. The van der Waals surface area contributed by atoms with Crippen LogP contribution in [0.2, 0.25) is 0 Å². The molecule has 0 amide bonds. The van der Waals surface area contributed by atoms with Gasteiger partial charge in [0.2, 0.25) is 0 Å². The third kappa shape index (κ3) is 4.18. The molecule has 11 atom stereocenters. The lowest BCUT2D eigenvalue weighted by molar-refractivity contribution is -0.225. The molecule has 0 bridgehead atoms. The van der Waals surface area contributed by atoms with Gasteiger partial charge in [0, 0.05) is 35.7 Å². The SMILES string of the molecule is COC(=O)C(C)=CCCC(C)C1CC(OC(C)=O)C2(C)C3CCC4C(C)(C)C(OC(C)=O)CCC45CC35C(O)CC12C. The summed E-state index contributed by atoms with van der Waals surface area (Å²) in [6.45, 7) is 16.4. The molecular weight excluding hydrogens is 532 g/mol. The van der Waals surface area contributed by atoms with Crippen molar-refractivity contribution in [3.05, 3.63) is 11.6 Å². The smallest absolute Gasteiger partial charge is 0.333 e. The lowest BCUT2D eigenvalue weighted by Crippen LogP contribution is -2.64. The van der Waals surface area contributed by atoms with Gasteiger partial charge in [-0.1, -0.05) is 40.7 Å².